The molecule has 6 nitrogen and oxygen atoms in total. The lowest BCUT2D eigenvalue weighted by atomic mass is 10.0. The van der Waals surface area contributed by atoms with Crippen molar-refractivity contribution in [3.05, 3.63) is 84.6 Å². The molecule has 0 aliphatic rings. The fourth-order valence-electron chi connectivity index (χ4n) is 2.93. The highest BCUT2D eigenvalue weighted by molar-refractivity contribution is 5.94. The Hall–Kier alpha value is -3.67. The minimum atomic E-state index is -0.139. The van der Waals surface area contributed by atoms with Crippen LogP contribution in [0.15, 0.2) is 73.3 Å². The number of pyridine rings is 2. The molecule has 3 heterocycles. The highest BCUT2D eigenvalue weighted by Gasteiger charge is 2.09. The number of carbonyl (C=O) groups is 1. The van der Waals surface area contributed by atoms with Gasteiger partial charge in [-0.15, -0.1) is 0 Å². The van der Waals surface area contributed by atoms with E-state index < -0.39 is 0 Å². The van der Waals surface area contributed by atoms with Gasteiger partial charge < -0.3 is 14.5 Å². The number of hydrogen-bond acceptors (Lipinski definition) is 4. The van der Waals surface area contributed by atoms with Gasteiger partial charge in [-0.2, -0.15) is 0 Å². The van der Waals surface area contributed by atoms with Crippen molar-refractivity contribution in [3.63, 3.8) is 0 Å². The third-order valence-electron chi connectivity index (χ3n) is 4.31. The highest BCUT2D eigenvalue weighted by atomic mass is 16.5. The maximum absolute atomic E-state index is 12.4. The molecule has 1 N–H and O–H groups in total. The van der Waals surface area contributed by atoms with Crippen LogP contribution in [0, 0.1) is 0 Å². The van der Waals surface area contributed by atoms with E-state index in [-0.39, 0.29) is 5.91 Å². The number of carbonyl (C=O) groups excluding carboxylic acids is 1. The summed E-state index contributed by atoms with van der Waals surface area (Å²) in [5.41, 5.74) is 4.16. The minimum absolute atomic E-state index is 0.139. The van der Waals surface area contributed by atoms with Gasteiger partial charge >= 0.3 is 0 Å². The molecule has 0 saturated carbocycles. The predicted molar refractivity (Wildman–Crippen MR) is 103 cm³/mol. The summed E-state index contributed by atoms with van der Waals surface area (Å²) in [5, 5.41) is 2.91. The number of ether oxygens (including phenoxy) is 1. The quantitative estimate of drug-likeness (QED) is 0.594. The summed E-state index contributed by atoms with van der Waals surface area (Å²) in [5.74, 6) is 0.557. The molecule has 27 heavy (non-hydrogen) atoms. The Morgan fingerprint density at radius 1 is 1.15 bits per heavy atom. The van der Waals surface area contributed by atoms with Crippen molar-refractivity contribution >= 4 is 11.6 Å². The lowest BCUT2D eigenvalue weighted by molar-refractivity contribution is 0.0950. The molecule has 0 spiro atoms. The van der Waals surface area contributed by atoms with Gasteiger partial charge in [0.15, 0.2) is 0 Å². The molecule has 1 amide bonds. The molecule has 0 radical (unpaired) electrons. The maximum atomic E-state index is 12.4. The number of methoxy groups -OCH3 is 1. The van der Waals surface area contributed by atoms with Gasteiger partial charge in [0.25, 0.3) is 5.91 Å². The van der Waals surface area contributed by atoms with Gasteiger partial charge in [0.05, 0.1) is 25.5 Å². The fourth-order valence-corrected chi connectivity index (χ4v) is 2.93. The first-order valence-corrected chi connectivity index (χ1v) is 8.54. The first-order valence-electron chi connectivity index (χ1n) is 8.54. The topological polar surface area (TPSA) is 68.5 Å². The first-order chi connectivity index (χ1) is 13.2. The number of nitrogens with zero attached hydrogens (tertiary/aromatic N) is 3. The number of imidazole rings is 1. The third-order valence-corrected chi connectivity index (χ3v) is 4.31. The van der Waals surface area contributed by atoms with E-state index >= 15 is 0 Å². The Bertz CT molecular complexity index is 1050. The van der Waals surface area contributed by atoms with Gasteiger partial charge in [-0.3, -0.25) is 9.78 Å². The van der Waals surface area contributed by atoms with Crippen LogP contribution < -0.4 is 10.1 Å². The number of rotatable bonds is 5. The molecule has 0 fully saturated rings. The van der Waals surface area contributed by atoms with E-state index in [0.29, 0.717) is 17.9 Å². The molecule has 0 saturated heterocycles. The Balaban J connectivity index is 1.46. The van der Waals surface area contributed by atoms with Crippen molar-refractivity contribution in [3.8, 4) is 16.9 Å². The van der Waals surface area contributed by atoms with Gasteiger partial charge in [-0.05, 0) is 35.9 Å². The van der Waals surface area contributed by atoms with Crippen LogP contribution in [0.25, 0.3) is 16.8 Å². The number of nitrogens with one attached hydrogen (secondary N) is 1. The number of aromatic nitrogens is 3. The van der Waals surface area contributed by atoms with E-state index in [9.17, 15) is 4.79 Å². The van der Waals surface area contributed by atoms with Crippen LogP contribution in [-0.4, -0.2) is 27.4 Å². The molecule has 1 aromatic carbocycles. The second-order valence-corrected chi connectivity index (χ2v) is 6.03. The van der Waals surface area contributed by atoms with Gasteiger partial charge in [0.2, 0.25) is 0 Å². The smallest absolute Gasteiger partial charge is 0.251 e. The van der Waals surface area contributed by atoms with E-state index in [4.69, 9.17) is 4.74 Å². The lowest BCUT2D eigenvalue weighted by Crippen LogP contribution is -2.22. The first kappa shape index (κ1) is 16.8. The molecule has 0 unspecified atom stereocenters. The molecule has 134 valence electrons. The fraction of sp³-hybridized carbons (Fsp3) is 0.0952. The Morgan fingerprint density at radius 3 is 2.78 bits per heavy atom. The molecule has 0 aliphatic carbocycles. The summed E-state index contributed by atoms with van der Waals surface area (Å²) in [7, 11) is 1.61. The van der Waals surface area contributed by atoms with Gasteiger partial charge in [0, 0.05) is 29.7 Å². The van der Waals surface area contributed by atoms with E-state index in [1.54, 1.807) is 31.6 Å². The zero-order chi connectivity index (χ0) is 18.6. The average Bonchev–Trinajstić information content (AvgIpc) is 3.15. The van der Waals surface area contributed by atoms with E-state index in [2.05, 4.69) is 15.3 Å². The summed E-state index contributed by atoms with van der Waals surface area (Å²) in [6.45, 7) is 0.375. The molecule has 3 aromatic heterocycles. The van der Waals surface area contributed by atoms with Crippen LogP contribution >= 0.6 is 0 Å². The van der Waals surface area contributed by atoms with E-state index in [0.717, 1.165) is 22.5 Å². The minimum Gasteiger partial charge on any atom is -0.494 e. The Morgan fingerprint density at radius 2 is 2.00 bits per heavy atom. The highest BCUT2D eigenvalue weighted by Crippen LogP contribution is 2.28. The third kappa shape index (κ3) is 3.50. The van der Waals surface area contributed by atoms with Crippen molar-refractivity contribution in [2.45, 2.75) is 6.54 Å². The van der Waals surface area contributed by atoms with Crippen LogP contribution in [0.1, 0.15) is 16.1 Å². The molecule has 6 heteroatoms. The van der Waals surface area contributed by atoms with Crippen LogP contribution in [0.4, 0.5) is 0 Å². The largest absolute Gasteiger partial charge is 0.494 e. The monoisotopic (exact) mass is 358 g/mol. The van der Waals surface area contributed by atoms with Gasteiger partial charge in [0.1, 0.15) is 11.4 Å². The van der Waals surface area contributed by atoms with Crippen LogP contribution in [-0.2, 0) is 6.54 Å². The van der Waals surface area contributed by atoms with Crippen LogP contribution in [0.5, 0.6) is 5.75 Å². The predicted octanol–water partition coefficient (Wildman–Crippen LogP) is 3.33. The van der Waals surface area contributed by atoms with Crippen LogP contribution in [0.2, 0.25) is 0 Å². The van der Waals surface area contributed by atoms with Crippen molar-refractivity contribution < 1.29 is 9.53 Å². The molecular formula is C21H18N4O2. The molecule has 0 atom stereocenters. The van der Waals surface area contributed by atoms with E-state index in [1.807, 2.05) is 53.2 Å². The standard InChI is InChI=1S/C21H18N4O2/c1-27-19-13-22-10-9-18(19)15-5-7-16(8-6-15)21(26)23-12-17-14-25-11-3-2-4-20(25)24-17/h2-11,13-14H,12H2,1H3,(H,23,26). The molecule has 0 aliphatic heterocycles. The zero-order valence-corrected chi connectivity index (χ0v) is 14.8. The van der Waals surface area contributed by atoms with Crippen LogP contribution in [0.3, 0.4) is 0 Å². The van der Waals surface area contributed by atoms with Crippen molar-refractivity contribution in [2.24, 2.45) is 0 Å². The summed E-state index contributed by atoms with van der Waals surface area (Å²) in [6, 6.07) is 15.1. The molecule has 0 bridgehead atoms. The number of benzene rings is 1. The SMILES string of the molecule is COc1cnccc1-c1ccc(C(=O)NCc2cn3ccccc3n2)cc1. The Labute approximate surface area is 156 Å². The normalized spacial score (nSPS) is 10.7. The number of fused-ring (bicyclic) bond motifs is 1. The molecule has 4 aromatic rings. The average molecular weight is 358 g/mol. The maximum Gasteiger partial charge on any atom is 0.251 e. The zero-order valence-electron chi connectivity index (χ0n) is 14.8. The lowest BCUT2D eigenvalue weighted by Gasteiger charge is -2.08. The van der Waals surface area contributed by atoms with Crippen molar-refractivity contribution in [1.29, 1.82) is 0 Å². The second kappa shape index (κ2) is 7.29. The second-order valence-electron chi connectivity index (χ2n) is 6.03. The summed E-state index contributed by atoms with van der Waals surface area (Å²) < 4.78 is 7.27. The summed E-state index contributed by atoms with van der Waals surface area (Å²) >= 11 is 0. The molecule has 4 rings (SSSR count). The van der Waals surface area contributed by atoms with Gasteiger partial charge in [-0.25, -0.2) is 4.98 Å². The van der Waals surface area contributed by atoms with E-state index in [1.165, 1.54) is 0 Å². The summed E-state index contributed by atoms with van der Waals surface area (Å²) in [4.78, 5) is 21.0. The number of hydrogen-bond donors (Lipinski definition) is 1. The number of amides is 1. The summed E-state index contributed by atoms with van der Waals surface area (Å²) in [6.07, 6.45) is 7.23. The van der Waals surface area contributed by atoms with Crippen molar-refractivity contribution in [1.82, 2.24) is 19.7 Å². The Kier molecular flexibility index (Phi) is 4.53. The van der Waals surface area contributed by atoms with Gasteiger partial charge in [-0.1, -0.05) is 18.2 Å². The molecular weight excluding hydrogens is 340 g/mol. The van der Waals surface area contributed by atoms with Crippen molar-refractivity contribution in [2.75, 3.05) is 7.11 Å².